The van der Waals surface area contributed by atoms with Crippen molar-refractivity contribution in [3.05, 3.63) is 35.9 Å². The summed E-state index contributed by atoms with van der Waals surface area (Å²) >= 11 is 5.34. The van der Waals surface area contributed by atoms with Crippen LogP contribution in [0.15, 0.2) is 30.3 Å². The minimum Gasteiger partial charge on any atom is -0.393 e. The zero-order chi connectivity index (χ0) is 13.9. The van der Waals surface area contributed by atoms with Crippen molar-refractivity contribution < 1.29 is 0 Å². The molecule has 0 amide bonds. The SMILES string of the molecule is NC(=S)C(CN1CCCC2CCCC21)c1ccccc1. The lowest BCUT2D eigenvalue weighted by molar-refractivity contribution is 0.112. The number of likely N-dealkylation sites (tertiary alicyclic amines) is 1. The number of hydrogen-bond donors (Lipinski definition) is 1. The number of rotatable bonds is 4. The molecule has 1 aliphatic heterocycles. The third kappa shape index (κ3) is 2.89. The number of benzene rings is 1. The second kappa shape index (κ2) is 6.23. The summed E-state index contributed by atoms with van der Waals surface area (Å²) in [5.74, 6) is 1.12. The first kappa shape index (κ1) is 14.0. The van der Waals surface area contributed by atoms with E-state index in [9.17, 15) is 0 Å². The van der Waals surface area contributed by atoms with Gasteiger partial charge in [-0.3, -0.25) is 4.90 Å². The van der Waals surface area contributed by atoms with Gasteiger partial charge in [0.05, 0.1) is 4.99 Å². The summed E-state index contributed by atoms with van der Waals surface area (Å²) in [4.78, 5) is 3.30. The summed E-state index contributed by atoms with van der Waals surface area (Å²) in [6.45, 7) is 2.22. The Hall–Kier alpha value is -0.930. The van der Waals surface area contributed by atoms with E-state index in [1.165, 1.54) is 44.2 Å². The molecule has 2 fully saturated rings. The normalized spacial score (nSPS) is 28.0. The maximum atomic E-state index is 6.03. The molecule has 1 saturated carbocycles. The van der Waals surface area contributed by atoms with Crippen LogP contribution in [0.4, 0.5) is 0 Å². The van der Waals surface area contributed by atoms with Crippen LogP contribution >= 0.6 is 12.2 Å². The van der Waals surface area contributed by atoms with Gasteiger partial charge in [0.15, 0.2) is 0 Å². The molecule has 0 aromatic heterocycles. The molecular weight excluding hydrogens is 264 g/mol. The van der Waals surface area contributed by atoms with E-state index < -0.39 is 0 Å². The standard InChI is InChI=1S/C17H24N2S/c18-17(20)15(13-6-2-1-3-7-13)12-19-11-5-9-14-8-4-10-16(14)19/h1-3,6-7,14-16H,4-5,8-12H2,(H2,18,20). The van der Waals surface area contributed by atoms with Crippen LogP contribution in [-0.4, -0.2) is 29.0 Å². The maximum absolute atomic E-state index is 6.03. The monoisotopic (exact) mass is 288 g/mol. The third-order valence-electron chi connectivity index (χ3n) is 5.07. The Balaban J connectivity index is 1.75. The van der Waals surface area contributed by atoms with E-state index in [1.807, 2.05) is 6.07 Å². The van der Waals surface area contributed by atoms with E-state index in [0.29, 0.717) is 4.99 Å². The number of hydrogen-bond acceptors (Lipinski definition) is 2. The van der Waals surface area contributed by atoms with Crippen molar-refractivity contribution in [1.82, 2.24) is 4.90 Å². The largest absolute Gasteiger partial charge is 0.393 e. The first-order valence-electron chi connectivity index (χ1n) is 7.84. The highest BCUT2D eigenvalue weighted by molar-refractivity contribution is 7.80. The van der Waals surface area contributed by atoms with Gasteiger partial charge >= 0.3 is 0 Å². The highest BCUT2D eigenvalue weighted by atomic mass is 32.1. The van der Waals surface area contributed by atoms with E-state index in [0.717, 1.165) is 18.5 Å². The van der Waals surface area contributed by atoms with Crippen LogP contribution in [0.1, 0.15) is 43.6 Å². The molecule has 1 aliphatic carbocycles. The number of thiocarbonyl (C=S) groups is 1. The Morgan fingerprint density at radius 2 is 1.95 bits per heavy atom. The summed E-state index contributed by atoms with van der Waals surface area (Å²) in [5, 5.41) is 0. The summed E-state index contributed by atoms with van der Waals surface area (Å²) in [6.07, 6.45) is 6.94. The predicted octanol–water partition coefficient (Wildman–Crippen LogP) is 3.32. The minimum atomic E-state index is 0.200. The molecule has 2 aliphatic rings. The van der Waals surface area contributed by atoms with Crippen LogP contribution in [0.25, 0.3) is 0 Å². The fraction of sp³-hybridized carbons (Fsp3) is 0.588. The van der Waals surface area contributed by atoms with Gasteiger partial charge in [0.2, 0.25) is 0 Å². The third-order valence-corrected chi connectivity index (χ3v) is 5.36. The van der Waals surface area contributed by atoms with Crippen molar-refractivity contribution in [2.45, 2.75) is 44.1 Å². The molecule has 1 aromatic carbocycles. The molecule has 0 radical (unpaired) electrons. The van der Waals surface area contributed by atoms with Gasteiger partial charge in [-0.1, -0.05) is 49.0 Å². The van der Waals surface area contributed by atoms with Gasteiger partial charge in [-0.05, 0) is 43.7 Å². The average Bonchev–Trinajstić information content (AvgIpc) is 2.94. The maximum Gasteiger partial charge on any atom is 0.0816 e. The van der Waals surface area contributed by atoms with E-state index in [-0.39, 0.29) is 5.92 Å². The molecule has 0 bridgehead atoms. The zero-order valence-corrected chi connectivity index (χ0v) is 12.8. The molecular formula is C17H24N2S. The highest BCUT2D eigenvalue weighted by Crippen LogP contribution is 2.37. The quantitative estimate of drug-likeness (QED) is 0.862. The van der Waals surface area contributed by atoms with Crippen LogP contribution in [0, 0.1) is 5.92 Å². The molecule has 1 aromatic rings. The van der Waals surface area contributed by atoms with Crippen molar-refractivity contribution >= 4 is 17.2 Å². The summed E-state index contributed by atoms with van der Waals surface area (Å²) in [5.41, 5.74) is 7.29. The molecule has 3 heteroatoms. The van der Waals surface area contributed by atoms with Crippen molar-refractivity contribution in [1.29, 1.82) is 0 Å². The van der Waals surface area contributed by atoms with Gasteiger partial charge in [-0.25, -0.2) is 0 Å². The van der Waals surface area contributed by atoms with Crippen molar-refractivity contribution in [3.63, 3.8) is 0 Å². The predicted molar refractivity (Wildman–Crippen MR) is 87.9 cm³/mol. The van der Waals surface area contributed by atoms with Crippen molar-refractivity contribution in [3.8, 4) is 0 Å². The van der Waals surface area contributed by atoms with Gasteiger partial charge in [-0.2, -0.15) is 0 Å². The molecule has 2 N–H and O–H groups in total. The molecule has 0 spiro atoms. The number of nitrogens with two attached hydrogens (primary N) is 1. The summed E-state index contributed by atoms with van der Waals surface area (Å²) < 4.78 is 0. The molecule has 108 valence electrons. The van der Waals surface area contributed by atoms with Crippen LogP contribution < -0.4 is 5.73 Å². The van der Waals surface area contributed by atoms with Crippen LogP contribution in [0.3, 0.4) is 0 Å². The Morgan fingerprint density at radius 1 is 1.20 bits per heavy atom. The van der Waals surface area contributed by atoms with E-state index >= 15 is 0 Å². The lowest BCUT2D eigenvalue weighted by Crippen LogP contribution is -2.46. The molecule has 20 heavy (non-hydrogen) atoms. The molecule has 1 saturated heterocycles. The van der Waals surface area contributed by atoms with Gasteiger partial charge in [0.1, 0.15) is 0 Å². The highest BCUT2D eigenvalue weighted by Gasteiger charge is 2.36. The number of fused-ring (bicyclic) bond motifs is 1. The van der Waals surface area contributed by atoms with Crippen LogP contribution in [0.5, 0.6) is 0 Å². The zero-order valence-electron chi connectivity index (χ0n) is 12.0. The Bertz CT molecular complexity index is 459. The van der Waals surface area contributed by atoms with Gasteiger partial charge in [-0.15, -0.1) is 0 Å². The van der Waals surface area contributed by atoms with Gasteiger partial charge < -0.3 is 5.73 Å². The lowest BCUT2D eigenvalue weighted by atomic mass is 9.90. The molecule has 3 atom stereocenters. The Kier molecular flexibility index (Phi) is 4.37. The Labute approximate surface area is 127 Å². The van der Waals surface area contributed by atoms with Crippen LogP contribution in [0.2, 0.25) is 0 Å². The summed E-state index contributed by atoms with van der Waals surface area (Å²) in [6, 6.07) is 11.3. The minimum absolute atomic E-state index is 0.200. The lowest BCUT2D eigenvalue weighted by Gasteiger charge is -2.39. The molecule has 1 heterocycles. The molecule has 2 nitrogen and oxygen atoms in total. The van der Waals surface area contributed by atoms with Gasteiger partial charge in [0, 0.05) is 18.5 Å². The molecule has 3 rings (SSSR count). The van der Waals surface area contributed by atoms with E-state index in [1.54, 1.807) is 0 Å². The van der Waals surface area contributed by atoms with Crippen molar-refractivity contribution in [2.75, 3.05) is 13.1 Å². The first-order chi connectivity index (χ1) is 9.75. The van der Waals surface area contributed by atoms with E-state index in [4.69, 9.17) is 18.0 Å². The van der Waals surface area contributed by atoms with Gasteiger partial charge in [0.25, 0.3) is 0 Å². The fourth-order valence-electron chi connectivity index (χ4n) is 4.06. The first-order valence-corrected chi connectivity index (χ1v) is 8.25. The second-order valence-electron chi connectivity index (χ2n) is 6.26. The Morgan fingerprint density at radius 3 is 2.70 bits per heavy atom. The fourth-order valence-corrected chi connectivity index (χ4v) is 4.27. The number of piperidine rings is 1. The van der Waals surface area contributed by atoms with E-state index in [2.05, 4.69) is 29.2 Å². The number of nitrogens with zero attached hydrogens (tertiary/aromatic N) is 1. The van der Waals surface area contributed by atoms with Crippen LogP contribution in [-0.2, 0) is 0 Å². The van der Waals surface area contributed by atoms with Crippen molar-refractivity contribution in [2.24, 2.45) is 11.7 Å². The smallest absolute Gasteiger partial charge is 0.0816 e. The second-order valence-corrected chi connectivity index (χ2v) is 6.73. The molecule has 3 unspecified atom stereocenters. The average molecular weight is 288 g/mol. The topological polar surface area (TPSA) is 29.3 Å². The summed E-state index contributed by atoms with van der Waals surface area (Å²) in [7, 11) is 0.